The lowest BCUT2D eigenvalue weighted by molar-refractivity contribution is -0.138. The fourth-order valence-corrected chi connectivity index (χ4v) is 3.22. The molecular weight excluding hydrogens is 226 g/mol. The Bertz CT molecular complexity index is 235. The Labute approximate surface area is 112 Å². The Morgan fingerprint density at radius 1 is 1.11 bits per heavy atom. The van der Waals surface area contributed by atoms with Crippen LogP contribution in [0.25, 0.3) is 0 Å². The van der Waals surface area contributed by atoms with Crippen LogP contribution in [0.4, 0.5) is 0 Å². The number of carboxylic acids is 1. The number of carbonyl (C=O) groups is 1. The van der Waals surface area contributed by atoms with E-state index in [-0.39, 0.29) is 6.54 Å². The molecule has 3 nitrogen and oxygen atoms in total. The van der Waals surface area contributed by atoms with Gasteiger partial charge in [0.15, 0.2) is 0 Å². The number of rotatable bonds is 8. The smallest absolute Gasteiger partial charge is 0.317 e. The van der Waals surface area contributed by atoms with Gasteiger partial charge in [0.05, 0.1) is 6.54 Å². The van der Waals surface area contributed by atoms with Crippen LogP contribution in [-0.2, 0) is 4.79 Å². The molecule has 0 aromatic rings. The Morgan fingerprint density at radius 3 is 2.22 bits per heavy atom. The molecule has 0 aliphatic heterocycles. The number of carboxylic acid groups (broad SMARTS) is 1. The van der Waals surface area contributed by atoms with Crippen molar-refractivity contribution in [2.45, 2.75) is 58.8 Å². The largest absolute Gasteiger partial charge is 0.480 e. The molecule has 3 heteroatoms. The molecule has 1 aliphatic rings. The van der Waals surface area contributed by atoms with E-state index in [1.54, 1.807) is 0 Å². The SMILES string of the molecule is CCCC1CCC(CN(CCC)CC(=O)O)CC1. The normalized spacial score (nSPS) is 24.4. The molecule has 106 valence electrons. The number of nitrogens with zero attached hydrogens (tertiary/aromatic N) is 1. The van der Waals surface area contributed by atoms with Crippen molar-refractivity contribution in [3.63, 3.8) is 0 Å². The molecule has 0 unspecified atom stereocenters. The van der Waals surface area contributed by atoms with E-state index in [9.17, 15) is 4.79 Å². The predicted molar refractivity (Wildman–Crippen MR) is 74.7 cm³/mol. The second-order valence-corrected chi connectivity index (χ2v) is 5.80. The van der Waals surface area contributed by atoms with Gasteiger partial charge in [-0.05, 0) is 37.6 Å². The maximum absolute atomic E-state index is 10.8. The van der Waals surface area contributed by atoms with Crippen LogP contribution in [0.5, 0.6) is 0 Å². The molecule has 1 fully saturated rings. The fraction of sp³-hybridized carbons (Fsp3) is 0.933. The summed E-state index contributed by atoms with van der Waals surface area (Å²) in [4.78, 5) is 12.9. The minimum absolute atomic E-state index is 0.211. The van der Waals surface area contributed by atoms with Crippen LogP contribution in [0.2, 0.25) is 0 Å². The first-order valence-electron chi connectivity index (χ1n) is 7.59. The van der Waals surface area contributed by atoms with E-state index >= 15 is 0 Å². The van der Waals surface area contributed by atoms with E-state index < -0.39 is 5.97 Å². The molecule has 0 heterocycles. The van der Waals surface area contributed by atoms with Gasteiger partial charge in [0.25, 0.3) is 0 Å². The van der Waals surface area contributed by atoms with Gasteiger partial charge in [0, 0.05) is 6.54 Å². The zero-order valence-electron chi connectivity index (χ0n) is 12.0. The van der Waals surface area contributed by atoms with Gasteiger partial charge in [-0.2, -0.15) is 0 Å². The highest BCUT2D eigenvalue weighted by Gasteiger charge is 2.22. The third-order valence-electron chi connectivity index (χ3n) is 4.08. The van der Waals surface area contributed by atoms with Crippen LogP contribution < -0.4 is 0 Å². The van der Waals surface area contributed by atoms with Crippen LogP contribution in [0.1, 0.15) is 58.8 Å². The van der Waals surface area contributed by atoms with Gasteiger partial charge in [-0.3, -0.25) is 9.69 Å². The average Bonchev–Trinajstić information content (AvgIpc) is 2.31. The molecule has 0 aromatic carbocycles. The van der Waals surface area contributed by atoms with Gasteiger partial charge in [0.1, 0.15) is 0 Å². The van der Waals surface area contributed by atoms with Gasteiger partial charge in [-0.15, -0.1) is 0 Å². The van der Waals surface area contributed by atoms with Crippen molar-refractivity contribution in [2.75, 3.05) is 19.6 Å². The molecule has 1 aliphatic carbocycles. The summed E-state index contributed by atoms with van der Waals surface area (Å²) in [6.07, 6.45) is 9.02. The van der Waals surface area contributed by atoms with E-state index in [2.05, 4.69) is 18.7 Å². The van der Waals surface area contributed by atoms with Gasteiger partial charge in [0.2, 0.25) is 0 Å². The minimum Gasteiger partial charge on any atom is -0.480 e. The lowest BCUT2D eigenvalue weighted by atomic mass is 9.80. The maximum Gasteiger partial charge on any atom is 0.317 e. The second kappa shape index (κ2) is 8.52. The lowest BCUT2D eigenvalue weighted by Crippen LogP contribution is -2.36. The summed E-state index contributed by atoms with van der Waals surface area (Å²) in [6.45, 7) is 6.50. The third kappa shape index (κ3) is 5.85. The first-order valence-corrected chi connectivity index (χ1v) is 7.59. The Morgan fingerprint density at radius 2 is 1.72 bits per heavy atom. The van der Waals surface area contributed by atoms with Crippen molar-refractivity contribution in [1.82, 2.24) is 4.90 Å². The van der Waals surface area contributed by atoms with Crippen LogP contribution in [0, 0.1) is 11.8 Å². The topological polar surface area (TPSA) is 40.5 Å². The van der Waals surface area contributed by atoms with Crippen molar-refractivity contribution >= 4 is 5.97 Å². The summed E-state index contributed by atoms with van der Waals surface area (Å²) in [5, 5.41) is 8.91. The first-order chi connectivity index (χ1) is 8.65. The fourth-order valence-electron chi connectivity index (χ4n) is 3.22. The minimum atomic E-state index is -0.692. The highest BCUT2D eigenvalue weighted by atomic mass is 16.4. The summed E-state index contributed by atoms with van der Waals surface area (Å²) >= 11 is 0. The molecule has 1 N–H and O–H groups in total. The Balaban J connectivity index is 2.30. The maximum atomic E-state index is 10.8. The molecule has 0 saturated heterocycles. The molecule has 1 rings (SSSR count). The number of hydrogen-bond acceptors (Lipinski definition) is 2. The lowest BCUT2D eigenvalue weighted by Gasteiger charge is -2.32. The molecule has 0 bridgehead atoms. The first kappa shape index (κ1) is 15.5. The van der Waals surface area contributed by atoms with Gasteiger partial charge in [-0.25, -0.2) is 0 Å². The quantitative estimate of drug-likeness (QED) is 0.722. The second-order valence-electron chi connectivity index (χ2n) is 5.80. The van der Waals surface area contributed by atoms with E-state index in [0.29, 0.717) is 0 Å². The molecule has 0 aromatic heterocycles. The van der Waals surface area contributed by atoms with Crippen LogP contribution in [-0.4, -0.2) is 35.6 Å². The molecule has 0 radical (unpaired) electrons. The van der Waals surface area contributed by atoms with Crippen molar-refractivity contribution < 1.29 is 9.90 Å². The van der Waals surface area contributed by atoms with E-state index in [0.717, 1.165) is 31.3 Å². The Kier molecular flexibility index (Phi) is 7.33. The van der Waals surface area contributed by atoms with Crippen molar-refractivity contribution in [3.05, 3.63) is 0 Å². The van der Waals surface area contributed by atoms with E-state index in [1.807, 2.05) is 0 Å². The summed E-state index contributed by atoms with van der Waals surface area (Å²) in [5.41, 5.74) is 0. The number of aliphatic carboxylic acids is 1. The van der Waals surface area contributed by atoms with Crippen LogP contribution in [0.3, 0.4) is 0 Å². The molecule has 18 heavy (non-hydrogen) atoms. The van der Waals surface area contributed by atoms with Gasteiger partial charge >= 0.3 is 5.97 Å². The highest BCUT2D eigenvalue weighted by Crippen LogP contribution is 2.31. The standard InChI is InChI=1S/C15H29NO2/c1-3-5-13-6-8-14(9-7-13)11-16(10-4-2)12-15(17)18/h13-14H,3-12H2,1-2H3,(H,17,18). The molecule has 1 saturated carbocycles. The van der Waals surface area contributed by atoms with Gasteiger partial charge < -0.3 is 5.11 Å². The Hall–Kier alpha value is -0.570. The molecule has 0 amide bonds. The van der Waals surface area contributed by atoms with Crippen molar-refractivity contribution in [2.24, 2.45) is 11.8 Å². The monoisotopic (exact) mass is 255 g/mol. The summed E-state index contributed by atoms with van der Waals surface area (Å²) in [6, 6.07) is 0. The zero-order chi connectivity index (χ0) is 13.4. The summed E-state index contributed by atoms with van der Waals surface area (Å²) in [5.74, 6) is 0.970. The highest BCUT2D eigenvalue weighted by molar-refractivity contribution is 5.69. The zero-order valence-corrected chi connectivity index (χ0v) is 12.0. The number of hydrogen-bond donors (Lipinski definition) is 1. The van der Waals surface area contributed by atoms with E-state index in [4.69, 9.17) is 5.11 Å². The van der Waals surface area contributed by atoms with E-state index in [1.165, 1.54) is 38.5 Å². The van der Waals surface area contributed by atoms with Gasteiger partial charge in [-0.1, -0.05) is 39.5 Å². The van der Waals surface area contributed by atoms with Crippen LogP contribution >= 0.6 is 0 Å². The molecular formula is C15H29NO2. The predicted octanol–water partition coefficient (Wildman–Crippen LogP) is 3.39. The molecule has 0 atom stereocenters. The summed E-state index contributed by atoms with van der Waals surface area (Å²) in [7, 11) is 0. The molecule has 0 spiro atoms. The van der Waals surface area contributed by atoms with Crippen molar-refractivity contribution in [1.29, 1.82) is 0 Å². The average molecular weight is 255 g/mol. The van der Waals surface area contributed by atoms with Crippen molar-refractivity contribution in [3.8, 4) is 0 Å². The third-order valence-corrected chi connectivity index (χ3v) is 4.08. The van der Waals surface area contributed by atoms with Crippen LogP contribution in [0.15, 0.2) is 0 Å². The summed E-state index contributed by atoms with van der Waals surface area (Å²) < 4.78 is 0.